The highest BCUT2D eigenvalue weighted by Gasteiger charge is 2.31. The van der Waals surface area contributed by atoms with Gasteiger partial charge in [-0.1, -0.05) is 29.3 Å². The summed E-state index contributed by atoms with van der Waals surface area (Å²) in [5, 5.41) is 5.92. The molecule has 7 heteroatoms. The number of hydrogen-bond donors (Lipinski definition) is 1. The second-order valence-electron chi connectivity index (χ2n) is 7.93. The third-order valence-corrected chi connectivity index (χ3v) is 6.81. The first-order chi connectivity index (χ1) is 14.6. The van der Waals surface area contributed by atoms with Gasteiger partial charge in [-0.05, 0) is 61.2 Å². The zero-order valence-corrected chi connectivity index (χ0v) is 18.0. The quantitative estimate of drug-likeness (QED) is 0.616. The van der Waals surface area contributed by atoms with Crippen molar-refractivity contribution in [1.29, 1.82) is 0 Å². The SMILES string of the molecule is O=C(Nc1ccc2ccnc(N3CCN4CCCC4C3)c2c1)c1ccc(Cl)c(Cl)c1. The molecule has 2 saturated heterocycles. The number of piperazine rings is 1. The van der Waals surface area contributed by atoms with E-state index in [1.54, 1.807) is 18.2 Å². The van der Waals surface area contributed by atoms with Gasteiger partial charge in [0.25, 0.3) is 5.91 Å². The van der Waals surface area contributed by atoms with Gasteiger partial charge in [0.1, 0.15) is 5.82 Å². The number of benzene rings is 2. The fourth-order valence-corrected chi connectivity index (χ4v) is 4.80. The maximum Gasteiger partial charge on any atom is 0.255 e. The normalized spacial score (nSPS) is 19.1. The van der Waals surface area contributed by atoms with Crippen molar-refractivity contribution in [3.8, 4) is 0 Å². The van der Waals surface area contributed by atoms with E-state index in [0.717, 1.165) is 41.9 Å². The number of hydrogen-bond acceptors (Lipinski definition) is 4. The number of halogens is 2. The van der Waals surface area contributed by atoms with Gasteiger partial charge in [0.05, 0.1) is 10.0 Å². The van der Waals surface area contributed by atoms with Gasteiger partial charge in [0, 0.05) is 48.5 Å². The van der Waals surface area contributed by atoms with Crippen molar-refractivity contribution in [1.82, 2.24) is 9.88 Å². The first-order valence-electron chi connectivity index (χ1n) is 10.2. The van der Waals surface area contributed by atoms with Crippen LogP contribution in [-0.4, -0.2) is 48.0 Å². The van der Waals surface area contributed by atoms with Crippen LogP contribution in [0.3, 0.4) is 0 Å². The van der Waals surface area contributed by atoms with Gasteiger partial charge >= 0.3 is 0 Å². The molecular formula is C23H22Cl2N4O. The average Bonchev–Trinajstić information content (AvgIpc) is 3.23. The van der Waals surface area contributed by atoms with Crippen LogP contribution in [0.15, 0.2) is 48.7 Å². The topological polar surface area (TPSA) is 48.5 Å². The van der Waals surface area contributed by atoms with Crippen molar-refractivity contribution in [2.75, 3.05) is 36.4 Å². The van der Waals surface area contributed by atoms with Crippen LogP contribution in [0.5, 0.6) is 0 Å². The van der Waals surface area contributed by atoms with Crippen molar-refractivity contribution in [3.05, 3.63) is 64.3 Å². The fraction of sp³-hybridized carbons (Fsp3) is 0.304. The minimum atomic E-state index is -0.224. The number of rotatable bonds is 3. The number of carbonyl (C=O) groups is 1. The van der Waals surface area contributed by atoms with Crippen LogP contribution < -0.4 is 10.2 Å². The van der Waals surface area contributed by atoms with Crippen LogP contribution in [0, 0.1) is 0 Å². The Bertz CT molecular complexity index is 1120. The summed E-state index contributed by atoms with van der Waals surface area (Å²) in [6, 6.07) is 13.4. The van der Waals surface area contributed by atoms with Gasteiger partial charge in [-0.2, -0.15) is 0 Å². The number of nitrogens with zero attached hydrogens (tertiary/aromatic N) is 3. The van der Waals surface area contributed by atoms with E-state index in [-0.39, 0.29) is 5.91 Å². The molecule has 0 spiro atoms. The molecule has 154 valence electrons. The van der Waals surface area contributed by atoms with E-state index in [1.807, 2.05) is 30.5 Å². The largest absolute Gasteiger partial charge is 0.353 e. The van der Waals surface area contributed by atoms with E-state index in [1.165, 1.54) is 19.4 Å². The Labute approximate surface area is 185 Å². The molecule has 2 aliphatic heterocycles. The zero-order valence-electron chi connectivity index (χ0n) is 16.4. The number of aromatic nitrogens is 1. The summed E-state index contributed by atoms with van der Waals surface area (Å²) in [7, 11) is 0. The summed E-state index contributed by atoms with van der Waals surface area (Å²) in [4.78, 5) is 22.4. The molecule has 3 aromatic rings. The minimum Gasteiger partial charge on any atom is -0.353 e. The Kier molecular flexibility index (Phi) is 5.27. The standard InChI is InChI=1S/C23H22Cl2N4O/c24-20-6-4-16(12-21(20)25)23(30)27-17-5-3-15-7-8-26-22(19(15)13-17)29-11-10-28-9-1-2-18(28)14-29/h3-8,12-13,18H,1-2,9-11,14H2,(H,27,30). The van der Waals surface area contributed by atoms with Crippen LogP contribution in [-0.2, 0) is 0 Å². The van der Waals surface area contributed by atoms with E-state index in [2.05, 4.69) is 15.1 Å². The molecule has 0 bridgehead atoms. The van der Waals surface area contributed by atoms with E-state index in [9.17, 15) is 4.79 Å². The molecule has 5 nitrogen and oxygen atoms in total. The lowest BCUT2D eigenvalue weighted by Gasteiger charge is -2.38. The van der Waals surface area contributed by atoms with Crippen LogP contribution in [0.2, 0.25) is 10.0 Å². The lowest BCUT2D eigenvalue weighted by atomic mass is 10.1. The van der Waals surface area contributed by atoms with E-state index in [4.69, 9.17) is 28.2 Å². The number of nitrogens with one attached hydrogen (secondary N) is 1. The number of pyridine rings is 1. The number of fused-ring (bicyclic) bond motifs is 2. The van der Waals surface area contributed by atoms with Crippen LogP contribution in [0.1, 0.15) is 23.2 Å². The summed E-state index contributed by atoms with van der Waals surface area (Å²) >= 11 is 12.0. The number of amides is 1. The van der Waals surface area contributed by atoms with Gasteiger partial charge in [-0.3, -0.25) is 9.69 Å². The van der Waals surface area contributed by atoms with Crippen molar-refractivity contribution in [2.24, 2.45) is 0 Å². The molecule has 0 saturated carbocycles. The highest BCUT2D eigenvalue weighted by molar-refractivity contribution is 6.42. The molecule has 1 atom stereocenters. The molecule has 2 aromatic carbocycles. The molecule has 3 heterocycles. The van der Waals surface area contributed by atoms with Gasteiger partial charge < -0.3 is 10.2 Å². The van der Waals surface area contributed by atoms with Crippen molar-refractivity contribution in [3.63, 3.8) is 0 Å². The Morgan fingerprint density at radius 1 is 1.03 bits per heavy atom. The lowest BCUT2D eigenvalue weighted by molar-refractivity contribution is 0.102. The van der Waals surface area contributed by atoms with Gasteiger partial charge in [-0.25, -0.2) is 4.98 Å². The highest BCUT2D eigenvalue weighted by Crippen LogP contribution is 2.31. The molecule has 2 fully saturated rings. The van der Waals surface area contributed by atoms with E-state index in [0.29, 0.717) is 21.7 Å². The van der Waals surface area contributed by atoms with Gasteiger partial charge in [0.2, 0.25) is 0 Å². The summed E-state index contributed by atoms with van der Waals surface area (Å²) in [5.74, 6) is 0.766. The molecule has 1 aromatic heterocycles. The third kappa shape index (κ3) is 3.73. The van der Waals surface area contributed by atoms with Crippen LogP contribution in [0.25, 0.3) is 10.8 Å². The predicted molar refractivity (Wildman–Crippen MR) is 123 cm³/mol. The first-order valence-corrected chi connectivity index (χ1v) is 11.0. The van der Waals surface area contributed by atoms with Gasteiger partial charge in [-0.15, -0.1) is 0 Å². The number of anilines is 2. The van der Waals surface area contributed by atoms with Crippen molar-refractivity contribution >= 4 is 51.4 Å². The van der Waals surface area contributed by atoms with E-state index >= 15 is 0 Å². The Morgan fingerprint density at radius 2 is 1.93 bits per heavy atom. The summed E-state index contributed by atoms with van der Waals surface area (Å²) in [6.45, 7) is 4.28. The lowest BCUT2D eigenvalue weighted by Crippen LogP contribution is -2.50. The maximum absolute atomic E-state index is 12.7. The predicted octanol–water partition coefficient (Wildman–Crippen LogP) is 5.08. The van der Waals surface area contributed by atoms with Gasteiger partial charge in [0.15, 0.2) is 0 Å². The Hall–Kier alpha value is -2.34. The molecule has 5 rings (SSSR count). The van der Waals surface area contributed by atoms with Crippen molar-refractivity contribution < 1.29 is 4.79 Å². The van der Waals surface area contributed by atoms with Crippen LogP contribution in [0.4, 0.5) is 11.5 Å². The Balaban J connectivity index is 1.42. The zero-order chi connectivity index (χ0) is 20.7. The summed E-state index contributed by atoms with van der Waals surface area (Å²) in [5.41, 5.74) is 1.19. The third-order valence-electron chi connectivity index (χ3n) is 6.07. The molecule has 1 amide bonds. The fourth-order valence-electron chi connectivity index (χ4n) is 4.51. The summed E-state index contributed by atoms with van der Waals surface area (Å²) < 4.78 is 0. The smallest absolute Gasteiger partial charge is 0.255 e. The molecule has 2 aliphatic rings. The monoisotopic (exact) mass is 440 g/mol. The molecule has 1 N–H and O–H groups in total. The minimum absolute atomic E-state index is 0.224. The molecule has 30 heavy (non-hydrogen) atoms. The maximum atomic E-state index is 12.7. The Morgan fingerprint density at radius 3 is 2.80 bits per heavy atom. The van der Waals surface area contributed by atoms with Crippen LogP contribution >= 0.6 is 23.2 Å². The molecular weight excluding hydrogens is 419 g/mol. The highest BCUT2D eigenvalue weighted by atomic mass is 35.5. The molecule has 1 unspecified atom stereocenters. The van der Waals surface area contributed by atoms with Crippen molar-refractivity contribution in [2.45, 2.75) is 18.9 Å². The average molecular weight is 441 g/mol. The second-order valence-corrected chi connectivity index (χ2v) is 8.75. The molecule has 0 aliphatic carbocycles. The first kappa shape index (κ1) is 19.6. The van der Waals surface area contributed by atoms with E-state index < -0.39 is 0 Å². The second kappa shape index (κ2) is 8.06. The number of carbonyl (C=O) groups excluding carboxylic acids is 1. The molecule has 0 radical (unpaired) electrons. The summed E-state index contributed by atoms with van der Waals surface area (Å²) in [6.07, 6.45) is 4.41.